The van der Waals surface area contributed by atoms with E-state index in [2.05, 4.69) is 34.7 Å². The van der Waals surface area contributed by atoms with E-state index in [9.17, 15) is 0 Å². The number of nitrogens with zero attached hydrogens (tertiary/aromatic N) is 2. The molecule has 5 heteroatoms. The third-order valence-electron chi connectivity index (χ3n) is 2.90. The van der Waals surface area contributed by atoms with Crippen molar-refractivity contribution in [2.24, 2.45) is 0 Å². The second-order valence-corrected chi connectivity index (χ2v) is 5.71. The van der Waals surface area contributed by atoms with Gasteiger partial charge in [0.25, 0.3) is 0 Å². The fourth-order valence-corrected chi connectivity index (χ4v) is 2.66. The Bertz CT molecular complexity index is 470. The summed E-state index contributed by atoms with van der Waals surface area (Å²) in [6, 6.07) is 10.3. The van der Waals surface area contributed by atoms with Crippen molar-refractivity contribution in [1.82, 2.24) is 15.1 Å². The third kappa shape index (κ3) is 5.00. The van der Waals surface area contributed by atoms with Crippen molar-refractivity contribution in [2.75, 3.05) is 24.7 Å². The van der Waals surface area contributed by atoms with E-state index in [0.29, 0.717) is 6.61 Å². The number of aliphatic hydroxyl groups is 1. The Kier molecular flexibility index (Phi) is 6.63. The second-order valence-electron chi connectivity index (χ2n) is 4.48. The molecule has 4 nitrogen and oxygen atoms in total. The van der Waals surface area contributed by atoms with Crippen LogP contribution in [0.25, 0.3) is 5.69 Å². The summed E-state index contributed by atoms with van der Waals surface area (Å²) in [4.78, 5) is 0. The van der Waals surface area contributed by atoms with Crippen LogP contribution in [0.15, 0.2) is 42.7 Å². The molecule has 0 aliphatic heterocycles. The average Bonchev–Trinajstić information content (AvgIpc) is 3.01. The number of rotatable bonds is 9. The molecule has 0 aliphatic rings. The van der Waals surface area contributed by atoms with Gasteiger partial charge in [0.2, 0.25) is 0 Å². The fourth-order valence-electron chi connectivity index (χ4n) is 1.83. The first-order valence-corrected chi connectivity index (χ1v) is 8.04. The lowest BCUT2D eigenvalue weighted by Crippen LogP contribution is -2.16. The second kappa shape index (κ2) is 8.79. The van der Waals surface area contributed by atoms with Gasteiger partial charge in [-0.05, 0) is 35.9 Å². The van der Waals surface area contributed by atoms with E-state index in [1.165, 1.54) is 5.56 Å². The summed E-state index contributed by atoms with van der Waals surface area (Å²) in [6.07, 6.45) is 4.61. The Morgan fingerprint density at radius 3 is 2.75 bits per heavy atom. The van der Waals surface area contributed by atoms with Crippen molar-refractivity contribution in [1.29, 1.82) is 0 Å². The van der Waals surface area contributed by atoms with E-state index < -0.39 is 0 Å². The number of aliphatic hydroxyl groups excluding tert-OH is 1. The molecule has 0 radical (unpaired) electrons. The minimum absolute atomic E-state index is 0.295. The number of benzene rings is 1. The maximum Gasteiger partial charge on any atom is 0.0645 e. The summed E-state index contributed by atoms with van der Waals surface area (Å²) >= 11 is 1.88. The van der Waals surface area contributed by atoms with Gasteiger partial charge in [0.1, 0.15) is 0 Å². The molecule has 2 N–H and O–H groups in total. The van der Waals surface area contributed by atoms with Crippen LogP contribution < -0.4 is 5.32 Å². The molecule has 1 aromatic heterocycles. The smallest absolute Gasteiger partial charge is 0.0645 e. The summed E-state index contributed by atoms with van der Waals surface area (Å²) in [6.45, 7) is 2.18. The Labute approximate surface area is 124 Å². The predicted molar refractivity (Wildman–Crippen MR) is 84.3 cm³/mol. The van der Waals surface area contributed by atoms with Crippen LogP contribution in [0.1, 0.15) is 12.0 Å². The molecule has 0 bridgehead atoms. The first-order valence-electron chi connectivity index (χ1n) is 6.88. The SMILES string of the molecule is OCCCSCCNCc1ccc(-n2cccn2)cc1. The lowest BCUT2D eigenvalue weighted by molar-refractivity contribution is 0.296. The highest BCUT2D eigenvalue weighted by Crippen LogP contribution is 2.08. The van der Waals surface area contributed by atoms with Gasteiger partial charge >= 0.3 is 0 Å². The van der Waals surface area contributed by atoms with E-state index in [-0.39, 0.29) is 0 Å². The van der Waals surface area contributed by atoms with Crippen LogP contribution >= 0.6 is 11.8 Å². The van der Waals surface area contributed by atoms with E-state index in [1.54, 1.807) is 6.20 Å². The average molecular weight is 291 g/mol. The highest BCUT2D eigenvalue weighted by atomic mass is 32.2. The minimum atomic E-state index is 0.295. The Morgan fingerprint density at radius 2 is 2.05 bits per heavy atom. The maximum absolute atomic E-state index is 8.67. The summed E-state index contributed by atoms with van der Waals surface area (Å²) in [5, 5.41) is 16.3. The zero-order valence-electron chi connectivity index (χ0n) is 11.5. The predicted octanol–water partition coefficient (Wildman–Crippen LogP) is 2.08. The topological polar surface area (TPSA) is 50.1 Å². The fraction of sp³-hybridized carbons (Fsp3) is 0.400. The normalized spacial score (nSPS) is 10.8. The zero-order chi connectivity index (χ0) is 14.0. The third-order valence-corrected chi connectivity index (χ3v) is 3.97. The largest absolute Gasteiger partial charge is 0.396 e. The van der Waals surface area contributed by atoms with Crippen molar-refractivity contribution >= 4 is 11.8 Å². The Balaban J connectivity index is 1.67. The number of thioether (sulfide) groups is 1. The molecule has 0 saturated heterocycles. The molecular formula is C15H21N3OS. The highest BCUT2D eigenvalue weighted by molar-refractivity contribution is 7.99. The van der Waals surface area contributed by atoms with Gasteiger partial charge in [0, 0.05) is 37.8 Å². The van der Waals surface area contributed by atoms with Crippen LogP contribution in [0.2, 0.25) is 0 Å². The Hall–Kier alpha value is -1.30. The quantitative estimate of drug-likeness (QED) is 0.695. The first kappa shape index (κ1) is 15.1. The molecule has 1 aromatic carbocycles. The van der Waals surface area contributed by atoms with Crippen LogP contribution in [0.3, 0.4) is 0 Å². The molecular weight excluding hydrogens is 270 g/mol. The molecule has 108 valence electrons. The summed E-state index contributed by atoms with van der Waals surface area (Å²) < 4.78 is 1.86. The van der Waals surface area contributed by atoms with Crippen LogP contribution in [-0.4, -0.2) is 39.5 Å². The van der Waals surface area contributed by atoms with Gasteiger partial charge in [-0.1, -0.05) is 12.1 Å². The van der Waals surface area contributed by atoms with Crippen LogP contribution in [-0.2, 0) is 6.54 Å². The van der Waals surface area contributed by atoms with Gasteiger partial charge in [-0.3, -0.25) is 0 Å². The molecule has 0 saturated carbocycles. The lowest BCUT2D eigenvalue weighted by atomic mass is 10.2. The summed E-state index contributed by atoms with van der Waals surface area (Å²) in [5.41, 5.74) is 2.36. The van der Waals surface area contributed by atoms with Crippen LogP contribution in [0.5, 0.6) is 0 Å². The van der Waals surface area contributed by atoms with Crippen LogP contribution in [0, 0.1) is 0 Å². The highest BCUT2D eigenvalue weighted by Gasteiger charge is 1.97. The monoisotopic (exact) mass is 291 g/mol. The van der Waals surface area contributed by atoms with Crippen molar-refractivity contribution < 1.29 is 5.11 Å². The number of nitrogens with one attached hydrogen (secondary N) is 1. The van der Waals surface area contributed by atoms with Gasteiger partial charge in [0.15, 0.2) is 0 Å². The molecule has 0 amide bonds. The minimum Gasteiger partial charge on any atom is -0.396 e. The molecule has 1 heterocycles. The maximum atomic E-state index is 8.67. The van der Waals surface area contributed by atoms with E-state index in [1.807, 2.05) is 28.7 Å². The molecule has 2 rings (SSSR count). The first-order chi connectivity index (χ1) is 9.90. The lowest BCUT2D eigenvalue weighted by Gasteiger charge is -2.06. The van der Waals surface area contributed by atoms with Gasteiger partial charge in [-0.2, -0.15) is 16.9 Å². The van der Waals surface area contributed by atoms with Gasteiger partial charge in [-0.25, -0.2) is 4.68 Å². The van der Waals surface area contributed by atoms with Crippen molar-refractivity contribution in [3.05, 3.63) is 48.3 Å². The molecule has 0 fully saturated rings. The van der Waals surface area contributed by atoms with Crippen molar-refractivity contribution in [2.45, 2.75) is 13.0 Å². The van der Waals surface area contributed by atoms with E-state index >= 15 is 0 Å². The van der Waals surface area contributed by atoms with Crippen molar-refractivity contribution in [3.8, 4) is 5.69 Å². The zero-order valence-corrected chi connectivity index (χ0v) is 12.4. The molecule has 2 aromatic rings. The van der Waals surface area contributed by atoms with Gasteiger partial charge < -0.3 is 10.4 Å². The van der Waals surface area contributed by atoms with Gasteiger partial charge in [0.05, 0.1) is 5.69 Å². The summed E-state index contributed by atoms with van der Waals surface area (Å²) in [7, 11) is 0. The molecule has 0 atom stereocenters. The van der Waals surface area contributed by atoms with E-state index in [4.69, 9.17) is 5.11 Å². The molecule has 0 aliphatic carbocycles. The standard InChI is InChI=1S/C15H21N3OS/c19-10-2-11-20-12-8-16-13-14-3-5-15(6-4-14)18-9-1-7-17-18/h1,3-7,9,16,19H,2,8,10-13H2. The van der Waals surface area contributed by atoms with Crippen LogP contribution in [0.4, 0.5) is 0 Å². The van der Waals surface area contributed by atoms with Crippen molar-refractivity contribution in [3.63, 3.8) is 0 Å². The molecule has 0 unspecified atom stereocenters. The molecule has 20 heavy (non-hydrogen) atoms. The Morgan fingerprint density at radius 1 is 1.20 bits per heavy atom. The van der Waals surface area contributed by atoms with E-state index in [0.717, 1.165) is 36.7 Å². The number of aromatic nitrogens is 2. The number of hydrogen-bond donors (Lipinski definition) is 2. The molecule has 0 spiro atoms. The number of hydrogen-bond acceptors (Lipinski definition) is 4. The summed E-state index contributed by atoms with van der Waals surface area (Å²) in [5.74, 6) is 2.13. The van der Waals surface area contributed by atoms with Gasteiger partial charge in [-0.15, -0.1) is 0 Å².